The van der Waals surface area contributed by atoms with Gasteiger partial charge in [0, 0.05) is 7.05 Å². The third-order valence-corrected chi connectivity index (χ3v) is 3.18. The summed E-state index contributed by atoms with van der Waals surface area (Å²) in [4.78, 5) is 4.67. The van der Waals surface area contributed by atoms with E-state index in [1.54, 1.807) is 0 Å². The number of anilines is 2. The Balaban J connectivity index is 1.87. The van der Waals surface area contributed by atoms with E-state index in [0.29, 0.717) is 0 Å². The van der Waals surface area contributed by atoms with Crippen LogP contribution in [0.4, 0.5) is 11.4 Å². The zero-order valence-electron chi connectivity index (χ0n) is 9.23. The quantitative estimate of drug-likeness (QED) is 0.683. The number of hydrogen-bond donors (Lipinski definition) is 0. The minimum absolute atomic E-state index is 0.0955. The van der Waals surface area contributed by atoms with Gasteiger partial charge in [0.2, 0.25) is 0 Å². The van der Waals surface area contributed by atoms with Gasteiger partial charge in [-0.2, -0.15) is 0 Å². The predicted octanol–water partition coefficient (Wildman–Crippen LogP) is 1.69. The number of para-hydroxylation sites is 2. The highest BCUT2D eigenvalue weighted by atomic mass is 16.6. The van der Waals surface area contributed by atoms with Crippen LogP contribution >= 0.6 is 0 Å². The molecule has 1 atom stereocenters. The monoisotopic (exact) mass is 204 g/mol. The highest BCUT2D eigenvalue weighted by Crippen LogP contribution is 2.37. The van der Waals surface area contributed by atoms with E-state index in [4.69, 9.17) is 4.74 Å². The fraction of sp³-hybridized carbons (Fsp3) is 0.500. The van der Waals surface area contributed by atoms with Crippen LogP contribution in [-0.4, -0.2) is 32.5 Å². The van der Waals surface area contributed by atoms with E-state index < -0.39 is 0 Å². The van der Waals surface area contributed by atoms with E-state index in [1.807, 2.05) is 0 Å². The van der Waals surface area contributed by atoms with Gasteiger partial charge in [-0.05, 0) is 19.1 Å². The Hall–Kier alpha value is -1.22. The molecule has 1 aromatic carbocycles. The summed E-state index contributed by atoms with van der Waals surface area (Å²) >= 11 is 0. The second-order valence-corrected chi connectivity index (χ2v) is 4.76. The lowest BCUT2D eigenvalue weighted by molar-refractivity contribution is 0.325. The van der Waals surface area contributed by atoms with Crippen molar-refractivity contribution in [2.45, 2.75) is 12.5 Å². The SMILES string of the molecule is CN1CN(CC2(C)CO2)c2ccccc21. The number of hydrogen-bond acceptors (Lipinski definition) is 3. The van der Waals surface area contributed by atoms with Gasteiger partial charge in [0.1, 0.15) is 5.60 Å². The molecule has 0 aromatic heterocycles. The number of nitrogens with zero attached hydrogens (tertiary/aromatic N) is 2. The molecule has 0 amide bonds. The molecule has 1 unspecified atom stereocenters. The van der Waals surface area contributed by atoms with E-state index in [0.717, 1.165) is 19.8 Å². The largest absolute Gasteiger partial charge is 0.368 e. The maximum absolute atomic E-state index is 5.45. The number of rotatable bonds is 2. The van der Waals surface area contributed by atoms with Gasteiger partial charge in [-0.3, -0.25) is 0 Å². The van der Waals surface area contributed by atoms with Crippen LogP contribution in [0.25, 0.3) is 0 Å². The molecule has 0 aliphatic carbocycles. The fourth-order valence-corrected chi connectivity index (χ4v) is 2.22. The van der Waals surface area contributed by atoms with E-state index in [2.05, 4.69) is 48.0 Å². The van der Waals surface area contributed by atoms with Gasteiger partial charge in [-0.25, -0.2) is 0 Å². The molecule has 80 valence electrons. The van der Waals surface area contributed by atoms with Crippen molar-refractivity contribution in [2.24, 2.45) is 0 Å². The van der Waals surface area contributed by atoms with E-state index in [1.165, 1.54) is 11.4 Å². The van der Waals surface area contributed by atoms with Crippen LogP contribution in [0.1, 0.15) is 6.92 Å². The normalized spacial score (nSPS) is 28.1. The molecule has 2 aliphatic rings. The summed E-state index contributed by atoms with van der Waals surface area (Å²) in [6.45, 7) is 5.04. The summed E-state index contributed by atoms with van der Waals surface area (Å²) < 4.78 is 5.45. The van der Waals surface area contributed by atoms with Crippen LogP contribution < -0.4 is 9.80 Å². The molecule has 3 nitrogen and oxygen atoms in total. The fourth-order valence-electron chi connectivity index (χ4n) is 2.22. The molecule has 2 aliphatic heterocycles. The van der Waals surface area contributed by atoms with Crippen molar-refractivity contribution in [1.82, 2.24) is 0 Å². The molecule has 3 rings (SSSR count). The summed E-state index contributed by atoms with van der Waals surface area (Å²) in [6.07, 6.45) is 0. The maximum atomic E-state index is 5.45. The summed E-state index contributed by atoms with van der Waals surface area (Å²) in [5.74, 6) is 0. The zero-order valence-corrected chi connectivity index (χ0v) is 9.23. The molecule has 1 saturated heterocycles. The summed E-state index contributed by atoms with van der Waals surface area (Å²) in [5, 5.41) is 0. The molecular weight excluding hydrogens is 188 g/mol. The van der Waals surface area contributed by atoms with Crippen LogP contribution in [0.5, 0.6) is 0 Å². The number of ether oxygens (including phenoxy) is 1. The lowest BCUT2D eigenvalue weighted by Crippen LogP contribution is -2.35. The number of epoxide rings is 1. The third kappa shape index (κ3) is 1.47. The smallest absolute Gasteiger partial charge is 0.106 e. The molecule has 15 heavy (non-hydrogen) atoms. The zero-order chi connectivity index (χ0) is 10.5. The average Bonchev–Trinajstić information content (AvgIpc) is 2.87. The molecule has 0 spiro atoms. The Kier molecular flexibility index (Phi) is 1.74. The van der Waals surface area contributed by atoms with Gasteiger partial charge in [0.15, 0.2) is 0 Å². The second kappa shape index (κ2) is 2.89. The molecule has 0 saturated carbocycles. The van der Waals surface area contributed by atoms with Crippen molar-refractivity contribution in [3.8, 4) is 0 Å². The standard InChI is InChI=1S/C12H16N2O/c1-12(8-15-12)7-14-9-13(2)10-5-3-4-6-11(10)14/h3-6H,7-9H2,1-2H3. The van der Waals surface area contributed by atoms with E-state index >= 15 is 0 Å². The van der Waals surface area contributed by atoms with Crippen molar-refractivity contribution in [3.05, 3.63) is 24.3 Å². The maximum Gasteiger partial charge on any atom is 0.106 e. The Morgan fingerprint density at radius 2 is 2.00 bits per heavy atom. The Bertz CT molecular complexity index is 387. The Morgan fingerprint density at radius 3 is 2.67 bits per heavy atom. The van der Waals surface area contributed by atoms with Gasteiger partial charge in [-0.15, -0.1) is 0 Å². The topological polar surface area (TPSA) is 19.0 Å². The van der Waals surface area contributed by atoms with Gasteiger partial charge >= 0.3 is 0 Å². The van der Waals surface area contributed by atoms with Gasteiger partial charge in [0.25, 0.3) is 0 Å². The molecule has 3 heteroatoms. The van der Waals surface area contributed by atoms with Crippen LogP contribution in [0.2, 0.25) is 0 Å². The van der Waals surface area contributed by atoms with Crippen molar-refractivity contribution < 1.29 is 4.74 Å². The highest BCUT2D eigenvalue weighted by Gasteiger charge is 2.42. The van der Waals surface area contributed by atoms with E-state index in [-0.39, 0.29) is 5.60 Å². The summed E-state index contributed by atoms with van der Waals surface area (Å²) in [7, 11) is 2.13. The Morgan fingerprint density at radius 1 is 1.33 bits per heavy atom. The van der Waals surface area contributed by atoms with Crippen molar-refractivity contribution >= 4 is 11.4 Å². The molecule has 0 bridgehead atoms. The molecule has 0 radical (unpaired) electrons. The minimum Gasteiger partial charge on any atom is -0.368 e. The summed E-state index contributed by atoms with van der Waals surface area (Å²) in [5.41, 5.74) is 2.75. The minimum atomic E-state index is 0.0955. The predicted molar refractivity (Wildman–Crippen MR) is 61.4 cm³/mol. The first kappa shape index (κ1) is 9.04. The molecule has 2 heterocycles. The summed E-state index contributed by atoms with van der Waals surface area (Å²) in [6, 6.07) is 8.55. The first-order valence-corrected chi connectivity index (χ1v) is 5.37. The molecule has 1 aromatic rings. The van der Waals surface area contributed by atoms with Crippen molar-refractivity contribution in [1.29, 1.82) is 0 Å². The number of benzene rings is 1. The molecule has 0 N–H and O–H groups in total. The third-order valence-electron chi connectivity index (χ3n) is 3.18. The first-order valence-electron chi connectivity index (χ1n) is 5.37. The van der Waals surface area contributed by atoms with Crippen LogP contribution in [0.3, 0.4) is 0 Å². The molecular formula is C12H16N2O. The van der Waals surface area contributed by atoms with Crippen LogP contribution in [0.15, 0.2) is 24.3 Å². The second-order valence-electron chi connectivity index (χ2n) is 4.76. The van der Waals surface area contributed by atoms with Gasteiger partial charge in [0.05, 0.1) is 31.2 Å². The lowest BCUT2D eigenvalue weighted by Gasteiger charge is -2.21. The lowest BCUT2D eigenvalue weighted by atomic mass is 10.2. The first-order chi connectivity index (χ1) is 7.18. The average molecular weight is 204 g/mol. The highest BCUT2D eigenvalue weighted by molar-refractivity contribution is 5.75. The van der Waals surface area contributed by atoms with E-state index in [9.17, 15) is 0 Å². The van der Waals surface area contributed by atoms with Gasteiger partial charge in [-0.1, -0.05) is 12.1 Å². The van der Waals surface area contributed by atoms with Crippen molar-refractivity contribution in [2.75, 3.05) is 36.7 Å². The Labute approximate surface area is 90.2 Å². The van der Waals surface area contributed by atoms with Gasteiger partial charge < -0.3 is 14.5 Å². The van der Waals surface area contributed by atoms with Crippen LogP contribution in [-0.2, 0) is 4.74 Å². The number of fused-ring (bicyclic) bond motifs is 1. The van der Waals surface area contributed by atoms with Crippen molar-refractivity contribution in [3.63, 3.8) is 0 Å². The van der Waals surface area contributed by atoms with Crippen LogP contribution in [0, 0.1) is 0 Å². The molecule has 1 fully saturated rings.